The van der Waals surface area contributed by atoms with Crippen LogP contribution in [0.2, 0.25) is 0 Å². The Bertz CT molecular complexity index is 642. The molecule has 5 nitrogen and oxygen atoms in total. The van der Waals surface area contributed by atoms with Gasteiger partial charge in [0.15, 0.2) is 17.8 Å². The topological polar surface area (TPSA) is 49.0 Å². The van der Waals surface area contributed by atoms with E-state index in [-0.39, 0.29) is 12.3 Å². The third-order valence-corrected chi connectivity index (χ3v) is 4.07. The lowest BCUT2D eigenvalue weighted by Gasteiger charge is -2.24. The minimum absolute atomic E-state index is 0.0144. The Morgan fingerprint density at radius 3 is 2.04 bits per heavy atom. The van der Waals surface area contributed by atoms with E-state index in [1.807, 2.05) is 50.2 Å². The summed E-state index contributed by atoms with van der Waals surface area (Å²) in [5.74, 6) is 1.42. The molecule has 1 N–H and O–H groups in total. The van der Waals surface area contributed by atoms with Crippen LogP contribution in [0, 0.1) is 0 Å². The highest BCUT2D eigenvalue weighted by atomic mass is 16.7. The monoisotopic (exact) mass is 359 g/mol. The summed E-state index contributed by atoms with van der Waals surface area (Å²) in [7, 11) is 3.28. The molecule has 0 unspecified atom stereocenters. The predicted molar refractivity (Wildman–Crippen MR) is 103 cm³/mol. The fourth-order valence-corrected chi connectivity index (χ4v) is 2.86. The van der Waals surface area contributed by atoms with Gasteiger partial charge < -0.3 is 24.3 Å². The molecule has 0 spiro atoms. The molecule has 0 bridgehead atoms. The molecule has 0 aliphatic heterocycles. The van der Waals surface area contributed by atoms with Crippen molar-refractivity contribution >= 4 is 0 Å². The Kier molecular flexibility index (Phi) is 8.41. The van der Waals surface area contributed by atoms with Gasteiger partial charge in [-0.15, -0.1) is 0 Å². The van der Waals surface area contributed by atoms with Gasteiger partial charge in [-0.2, -0.15) is 0 Å². The molecule has 5 heteroatoms. The van der Waals surface area contributed by atoms with Crippen LogP contribution in [-0.2, 0) is 9.47 Å². The Balaban J connectivity index is 2.27. The first-order valence-corrected chi connectivity index (χ1v) is 8.96. The van der Waals surface area contributed by atoms with Gasteiger partial charge in [-0.1, -0.05) is 36.4 Å². The molecule has 142 valence electrons. The maximum atomic E-state index is 5.66. The summed E-state index contributed by atoms with van der Waals surface area (Å²) >= 11 is 0. The van der Waals surface area contributed by atoms with Crippen molar-refractivity contribution in [2.75, 3.05) is 34.0 Å². The Labute approximate surface area is 156 Å². The van der Waals surface area contributed by atoms with E-state index in [4.69, 9.17) is 18.9 Å². The molecule has 2 aromatic rings. The van der Waals surface area contributed by atoms with Gasteiger partial charge in [0.2, 0.25) is 0 Å². The first-order valence-electron chi connectivity index (χ1n) is 8.96. The van der Waals surface area contributed by atoms with Crippen LogP contribution in [0.1, 0.15) is 31.0 Å². The largest absolute Gasteiger partial charge is 0.493 e. The van der Waals surface area contributed by atoms with E-state index in [0.717, 1.165) is 11.1 Å². The number of nitrogens with one attached hydrogen (secondary N) is 1. The summed E-state index contributed by atoms with van der Waals surface area (Å²) in [5, 5.41) is 3.56. The second-order valence-electron chi connectivity index (χ2n) is 5.71. The van der Waals surface area contributed by atoms with Gasteiger partial charge in [-0.25, -0.2) is 0 Å². The number of rotatable bonds is 11. The average molecular weight is 359 g/mol. The molecular formula is C21H29NO4. The smallest absolute Gasteiger partial charge is 0.169 e. The molecule has 0 aliphatic carbocycles. The normalized spacial score (nSPS) is 12.2. The highest BCUT2D eigenvalue weighted by molar-refractivity contribution is 5.45. The van der Waals surface area contributed by atoms with Crippen LogP contribution < -0.4 is 14.8 Å². The molecule has 0 fully saturated rings. The zero-order chi connectivity index (χ0) is 18.8. The highest BCUT2D eigenvalue weighted by Gasteiger charge is 2.18. The van der Waals surface area contributed by atoms with Crippen molar-refractivity contribution in [1.82, 2.24) is 5.32 Å². The third kappa shape index (κ3) is 5.46. The van der Waals surface area contributed by atoms with Crippen molar-refractivity contribution in [2.24, 2.45) is 0 Å². The summed E-state index contributed by atoms with van der Waals surface area (Å²) in [6, 6.07) is 16.2. The van der Waals surface area contributed by atoms with Crippen molar-refractivity contribution in [3.05, 3.63) is 59.7 Å². The summed E-state index contributed by atoms with van der Waals surface area (Å²) < 4.78 is 22.1. The molecule has 2 rings (SSSR count). The van der Waals surface area contributed by atoms with E-state index >= 15 is 0 Å². The summed E-state index contributed by atoms with van der Waals surface area (Å²) in [6.07, 6.45) is -0.281. The second kappa shape index (κ2) is 10.8. The van der Waals surface area contributed by atoms with Crippen LogP contribution in [0.15, 0.2) is 48.5 Å². The van der Waals surface area contributed by atoms with Crippen LogP contribution >= 0.6 is 0 Å². The number of benzene rings is 2. The highest BCUT2D eigenvalue weighted by Crippen LogP contribution is 2.32. The van der Waals surface area contributed by atoms with Crippen LogP contribution in [0.5, 0.6) is 11.5 Å². The van der Waals surface area contributed by atoms with Crippen molar-refractivity contribution in [1.29, 1.82) is 0 Å². The van der Waals surface area contributed by atoms with Crippen molar-refractivity contribution in [3.63, 3.8) is 0 Å². The van der Waals surface area contributed by atoms with E-state index in [1.165, 1.54) is 0 Å². The van der Waals surface area contributed by atoms with Crippen LogP contribution in [0.25, 0.3) is 0 Å². The van der Waals surface area contributed by atoms with Crippen LogP contribution in [0.4, 0.5) is 0 Å². The average Bonchev–Trinajstić information content (AvgIpc) is 2.69. The van der Waals surface area contributed by atoms with Gasteiger partial charge in [-0.05, 0) is 37.1 Å². The molecule has 0 aliphatic rings. The van der Waals surface area contributed by atoms with Gasteiger partial charge in [0.1, 0.15) is 0 Å². The lowest BCUT2D eigenvalue weighted by atomic mass is 9.98. The molecule has 0 saturated heterocycles. The maximum absolute atomic E-state index is 5.66. The van der Waals surface area contributed by atoms with Crippen molar-refractivity contribution in [2.45, 2.75) is 26.2 Å². The van der Waals surface area contributed by atoms with Gasteiger partial charge in [0.25, 0.3) is 0 Å². The molecule has 0 radical (unpaired) electrons. The SMILES string of the molecule is CCOC(CN[C@@H](c1ccccc1)c1ccc(OC)c(OC)c1)OCC. The Morgan fingerprint density at radius 1 is 0.808 bits per heavy atom. The van der Waals surface area contributed by atoms with Gasteiger partial charge >= 0.3 is 0 Å². The first-order chi connectivity index (χ1) is 12.7. The number of hydrogen-bond donors (Lipinski definition) is 1. The molecule has 26 heavy (non-hydrogen) atoms. The maximum Gasteiger partial charge on any atom is 0.169 e. The minimum Gasteiger partial charge on any atom is -0.493 e. The second-order valence-corrected chi connectivity index (χ2v) is 5.71. The van der Waals surface area contributed by atoms with Crippen LogP contribution in [0.3, 0.4) is 0 Å². The zero-order valence-electron chi connectivity index (χ0n) is 16.0. The van der Waals surface area contributed by atoms with Crippen LogP contribution in [-0.4, -0.2) is 40.3 Å². The summed E-state index contributed by atoms with van der Waals surface area (Å²) in [4.78, 5) is 0. The molecule has 0 heterocycles. The first kappa shape index (κ1) is 20.2. The Morgan fingerprint density at radius 2 is 1.46 bits per heavy atom. The zero-order valence-corrected chi connectivity index (χ0v) is 16.0. The number of ether oxygens (including phenoxy) is 4. The van der Waals surface area contributed by atoms with Gasteiger partial charge in [0, 0.05) is 19.8 Å². The number of hydrogen-bond acceptors (Lipinski definition) is 5. The molecule has 2 aromatic carbocycles. The number of methoxy groups -OCH3 is 2. The van der Waals surface area contributed by atoms with Gasteiger partial charge in [-0.3, -0.25) is 0 Å². The lowest BCUT2D eigenvalue weighted by Crippen LogP contribution is -2.34. The molecule has 0 saturated carbocycles. The van der Waals surface area contributed by atoms with E-state index in [9.17, 15) is 0 Å². The van der Waals surface area contributed by atoms with Crippen molar-refractivity contribution in [3.8, 4) is 11.5 Å². The van der Waals surface area contributed by atoms with E-state index in [0.29, 0.717) is 31.3 Å². The third-order valence-electron chi connectivity index (χ3n) is 4.07. The van der Waals surface area contributed by atoms with Gasteiger partial charge in [0.05, 0.1) is 20.3 Å². The standard InChI is InChI=1S/C21H29NO4/c1-5-25-20(26-6-2)15-22-21(16-10-8-7-9-11-16)17-12-13-18(23-3)19(14-17)24-4/h7-14,20-22H,5-6,15H2,1-4H3/t21-/m0/s1. The van der Waals surface area contributed by atoms with E-state index < -0.39 is 0 Å². The molecule has 1 atom stereocenters. The predicted octanol–water partition coefficient (Wildman–Crippen LogP) is 3.78. The fourth-order valence-electron chi connectivity index (χ4n) is 2.86. The minimum atomic E-state index is -0.281. The molecule has 0 aromatic heterocycles. The fraction of sp³-hybridized carbons (Fsp3) is 0.429. The van der Waals surface area contributed by atoms with E-state index in [1.54, 1.807) is 14.2 Å². The quantitative estimate of drug-likeness (QED) is 0.619. The molecule has 0 amide bonds. The summed E-state index contributed by atoms with van der Waals surface area (Å²) in [6.45, 7) is 5.73. The lowest BCUT2D eigenvalue weighted by molar-refractivity contribution is -0.133. The van der Waals surface area contributed by atoms with E-state index in [2.05, 4.69) is 17.4 Å². The molecular weight excluding hydrogens is 330 g/mol. The van der Waals surface area contributed by atoms with Crippen molar-refractivity contribution < 1.29 is 18.9 Å². The summed E-state index contributed by atoms with van der Waals surface area (Å²) in [5.41, 5.74) is 2.24. The Hall–Kier alpha value is -2.08.